The summed E-state index contributed by atoms with van der Waals surface area (Å²) in [7, 11) is -3.50. The summed E-state index contributed by atoms with van der Waals surface area (Å²) in [5, 5.41) is 8.04. The molecule has 0 saturated carbocycles. The molecule has 86 valence electrons. The van der Waals surface area contributed by atoms with Crippen molar-refractivity contribution in [3.63, 3.8) is 0 Å². The van der Waals surface area contributed by atoms with Gasteiger partial charge in [-0.3, -0.25) is 5.10 Å². The molecule has 0 amide bonds. The summed E-state index contributed by atoms with van der Waals surface area (Å²) in [5.74, 6) is 0. The van der Waals surface area contributed by atoms with Gasteiger partial charge in [-0.1, -0.05) is 6.07 Å². The van der Waals surface area contributed by atoms with Crippen LogP contribution in [0.4, 0.5) is 0 Å². The van der Waals surface area contributed by atoms with Gasteiger partial charge in [-0.05, 0) is 24.4 Å². The molecule has 0 spiro atoms. The highest BCUT2D eigenvalue weighted by Gasteiger charge is 2.19. The largest absolute Gasteiger partial charge is 0.266 e. The Hall–Kier alpha value is -1.18. The van der Waals surface area contributed by atoms with Crippen molar-refractivity contribution in [3.8, 4) is 0 Å². The molecule has 2 rings (SSSR count). The molecule has 0 aromatic carbocycles. The average Bonchev–Trinajstić information content (AvgIpc) is 2.91. The SMILES string of the molecule is CC(NS(=O)(=O)c1ccn[nH]1)c1cccs1. The molecule has 5 nitrogen and oxygen atoms in total. The number of aromatic nitrogens is 2. The minimum absolute atomic E-state index is 0.0795. The number of sulfonamides is 1. The Morgan fingerprint density at radius 1 is 1.50 bits per heavy atom. The van der Waals surface area contributed by atoms with Crippen molar-refractivity contribution in [2.45, 2.75) is 18.0 Å². The molecule has 1 atom stereocenters. The third kappa shape index (κ3) is 2.31. The first kappa shape index (κ1) is 11.3. The van der Waals surface area contributed by atoms with Gasteiger partial charge < -0.3 is 0 Å². The van der Waals surface area contributed by atoms with Gasteiger partial charge in [0.1, 0.15) is 0 Å². The van der Waals surface area contributed by atoms with Crippen LogP contribution in [-0.2, 0) is 10.0 Å². The van der Waals surface area contributed by atoms with Gasteiger partial charge in [-0.25, -0.2) is 13.1 Å². The second-order valence-electron chi connectivity index (χ2n) is 3.28. The van der Waals surface area contributed by atoms with E-state index in [1.54, 1.807) is 6.92 Å². The highest BCUT2D eigenvalue weighted by atomic mass is 32.2. The highest BCUT2D eigenvalue weighted by Crippen LogP contribution is 2.20. The van der Waals surface area contributed by atoms with Crippen LogP contribution in [0, 0.1) is 0 Å². The Labute approximate surface area is 97.6 Å². The van der Waals surface area contributed by atoms with Crippen LogP contribution in [0.15, 0.2) is 34.8 Å². The fraction of sp³-hybridized carbons (Fsp3) is 0.222. The molecule has 2 aromatic rings. The van der Waals surface area contributed by atoms with Gasteiger partial charge in [0.2, 0.25) is 0 Å². The Kier molecular flexibility index (Phi) is 3.08. The molecule has 0 aliphatic heterocycles. The van der Waals surface area contributed by atoms with Gasteiger partial charge in [-0.2, -0.15) is 5.10 Å². The quantitative estimate of drug-likeness (QED) is 0.871. The number of H-pyrrole nitrogens is 1. The summed E-state index contributed by atoms with van der Waals surface area (Å²) in [4.78, 5) is 0.975. The summed E-state index contributed by atoms with van der Waals surface area (Å²) >= 11 is 1.52. The van der Waals surface area contributed by atoms with Gasteiger partial charge in [0.15, 0.2) is 5.03 Å². The minimum atomic E-state index is -3.50. The molecule has 16 heavy (non-hydrogen) atoms. The number of aromatic amines is 1. The number of nitrogens with one attached hydrogen (secondary N) is 2. The van der Waals surface area contributed by atoms with E-state index in [1.807, 2.05) is 17.5 Å². The number of nitrogens with zero attached hydrogens (tertiary/aromatic N) is 1. The molecular weight excluding hydrogens is 246 g/mol. The van der Waals surface area contributed by atoms with Crippen molar-refractivity contribution in [1.29, 1.82) is 0 Å². The van der Waals surface area contributed by atoms with Crippen molar-refractivity contribution in [2.75, 3.05) is 0 Å². The molecule has 0 radical (unpaired) electrons. The maximum atomic E-state index is 11.8. The Balaban J connectivity index is 2.16. The molecule has 0 saturated heterocycles. The zero-order valence-electron chi connectivity index (χ0n) is 8.54. The number of hydrogen-bond acceptors (Lipinski definition) is 4. The van der Waals surface area contributed by atoms with E-state index in [2.05, 4.69) is 14.9 Å². The predicted molar refractivity (Wildman–Crippen MR) is 61.6 cm³/mol. The maximum Gasteiger partial charge on any atom is 0.258 e. The molecule has 0 fully saturated rings. The second kappa shape index (κ2) is 4.36. The average molecular weight is 257 g/mol. The van der Waals surface area contributed by atoms with E-state index in [1.165, 1.54) is 23.6 Å². The van der Waals surface area contributed by atoms with Crippen molar-refractivity contribution >= 4 is 21.4 Å². The lowest BCUT2D eigenvalue weighted by atomic mass is 10.3. The van der Waals surface area contributed by atoms with E-state index in [0.29, 0.717) is 0 Å². The summed E-state index contributed by atoms with van der Waals surface area (Å²) in [6.45, 7) is 1.81. The van der Waals surface area contributed by atoms with E-state index in [-0.39, 0.29) is 11.1 Å². The van der Waals surface area contributed by atoms with E-state index < -0.39 is 10.0 Å². The summed E-state index contributed by atoms with van der Waals surface area (Å²) < 4.78 is 26.2. The van der Waals surface area contributed by atoms with Crippen LogP contribution >= 0.6 is 11.3 Å². The van der Waals surface area contributed by atoms with Crippen molar-refractivity contribution < 1.29 is 8.42 Å². The van der Waals surface area contributed by atoms with E-state index in [4.69, 9.17) is 0 Å². The van der Waals surface area contributed by atoms with Gasteiger partial charge in [0.05, 0.1) is 12.2 Å². The number of thiophene rings is 1. The first-order chi connectivity index (χ1) is 7.59. The molecule has 2 heterocycles. The Bertz CT molecular complexity index is 531. The van der Waals surface area contributed by atoms with Crippen LogP contribution in [0.1, 0.15) is 17.8 Å². The maximum absolute atomic E-state index is 11.8. The third-order valence-corrected chi connectivity index (χ3v) is 4.59. The fourth-order valence-electron chi connectivity index (χ4n) is 1.28. The zero-order valence-corrected chi connectivity index (χ0v) is 10.2. The third-order valence-electron chi connectivity index (χ3n) is 2.07. The van der Waals surface area contributed by atoms with Crippen molar-refractivity contribution in [3.05, 3.63) is 34.7 Å². The van der Waals surface area contributed by atoms with Crippen LogP contribution in [0.5, 0.6) is 0 Å². The van der Waals surface area contributed by atoms with Gasteiger partial charge in [0, 0.05) is 4.88 Å². The van der Waals surface area contributed by atoms with E-state index in [0.717, 1.165) is 4.88 Å². The lowest BCUT2D eigenvalue weighted by Crippen LogP contribution is -2.26. The lowest BCUT2D eigenvalue weighted by molar-refractivity contribution is 0.564. The summed E-state index contributed by atoms with van der Waals surface area (Å²) in [5.41, 5.74) is 0. The van der Waals surface area contributed by atoms with Crippen LogP contribution in [0.25, 0.3) is 0 Å². The van der Waals surface area contributed by atoms with E-state index >= 15 is 0 Å². The normalized spacial score (nSPS) is 13.8. The smallest absolute Gasteiger partial charge is 0.258 e. The molecule has 2 N–H and O–H groups in total. The van der Waals surface area contributed by atoms with E-state index in [9.17, 15) is 8.42 Å². The molecule has 0 bridgehead atoms. The van der Waals surface area contributed by atoms with Crippen LogP contribution in [0.2, 0.25) is 0 Å². The molecule has 1 unspecified atom stereocenters. The monoisotopic (exact) mass is 257 g/mol. The Morgan fingerprint density at radius 2 is 2.31 bits per heavy atom. The second-order valence-corrected chi connectivity index (χ2v) is 5.94. The van der Waals surface area contributed by atoms with Gasteiger partial charge >= 0.3 is 0 Å². The molecule has 0 aliphatic rings. The standard InChI is InChI=1S/C9H11N3O2S2/c1-7(8-3-2-6-15-8)12-16(13,14)9-4-5-10-11-9/h2-7,12H,1H3,(H,10,11). The predicted octanol–water partition coefficient (Wildman–Crippen LogP) is 1.51. The zero-order chi connectivity index (χ0) is 11.6. The first-order valence-corrected chi connectivity index (χ1v) is 7.01. The van der Waals surface area contributed by atoms with Crippen molar-refractivity contribution in [2.24, 2.45) is 0 Å². The first-order valence-electron chi connectivity index (χ1n) is 4.65. The topological polar surface area (TPSA) is 74.8 Å². The van der Waals surface area contributed by atoms with Gasteiger partial charge in [-0.15, -0.1) is 11.3 Å². The molecule has 2 aromatic heterocycles. The Morgan fingerprint density at radius 3 is 2.88 bits per heavy atom. The summed E-state index contributed by atoms with van der Waals surface area (Å²) in [6.07, 6.45) is 1.41. The molecular formula is C9H11N3O2S2. The van der Waals surface area contributed by atoms with Crippen LogP contribution in [0.3, 0.4) is 0 Å². The molecule has 0 aliphatic carbocycles. The van der Waals surface area contributed by atoms with Crippen LogP contribution in [-0.4, -0.2) is 18.6 Å². The highest BCUT2D eigenvalue weighted by molar-refractivity contribution is 7.89. The fourth-order valence-corrected chi connectivity index (χ4v) is 3.23. The number of rotatable bonds is 4. The minimum Gasteiger partial charge on any atom is -0.266 e. The summed E-state index contributed by atoms with van der Waals surface area (Å²) in [6, 6.07) is 4.96. The van der Waals surface area contributed by atoms with Crippen LogP contribution < -0.4 is 4.72 Å². The molecule has 7 heteroatoms. The van der Waals surface area contributed by atoms with Crippen molar-refractivity contribution in [1.82, 2.24) is 14.9 Å². The number of hydrogen-bond donors (Lipinski definition) is 2. The lowest BCUT2D eigenvalue weighted by Gasteiger charge is -2.11. The van der Waals surface area contributed by atoms with Gasteiger partial charge in [0.25, 0.3) is 10.0 Å².